The first kappa shape index (κ1) is 21.3. The molecule has 2 aliphatic heterocycles. The fourth-order valence-electron chi connectivity index (χ4n) is 5.37. The van der Waals surface area contributed by atoms with Gasteiger partial charge >= 0.3 is 0 Å². The summed E-state index contributed by atoms with van der Waals surface area (Å²) in [6, 6.07) is 8.76. The number of benzene rings is 1. The van der Waals surface area contributed by atoms with E-state index in [2.05, 4.69) is 26.5 Å². The molecule has 1 aromatic carbocycles. The summed E-state index contributed by atoms with van der Waals surface area (Å²) in [6.07, 6.45) is 2.30. The van der Waals surface area contributed by atoms with Crippen LogP contribution in [-0.4, -0.2) is 66.7 Å². The first-order chi connectivity index (χ1) is 15.6. The van der Waals surface area contributed by atoms with Gasteiger partial charge in [-0.15, -0.1) is 10.2 Å². The molecule has 7 nitrogen and oxygen atoms in total. The van der Waals surface area contributed by atoms with Crippen molar-refractivity contribution in [1.29, 1.82) is 5.26 Å². The second kappa shape index (κ2) is 9.10. The number of hydrogen-bond donors (Lipinski definition) is 1. The van der Waals surface area contributed by atoms with Gasteiger partial charge in [-0.1, -0.05) is 6.07 Å². The second-order valence-corrected chi connectivity index (χ2v) is 9.18. The van der Waals surface area contributed by atoms with Gasteiger partial charge in [-0.05, 0) is 55.4 Å². The molecule has 0 radical (unpaired) electrons. The topological polar surface area (TPSA) is 83.3 Å². The SMILES string of the molecule is Cc1ccc(F)cc1-c1cc(C#N)c(NC2C[C@@H]3CN(C[C@H]4COCCO4)C[C@@H]3C2)nn1. The van der Waals surface area contributed by atoms with Crippen LogP contribution < -0.4 is 5.32 Å². The van der Waals surface area contributed by atoms with Crippen molar-refractivity contribution in [3.05, 3.63) is 41.2 Å². The molecule has 32 heavy (non-hydrogen) atoms. The fraction of sp³-hybridized carbons (Fsp3) is 0.542. The van der Waals surface area contributed by atoms with E-state index >= 15 is 0 Å². The molecule has 5 rings (SSSR count). The molecular formula is C24H28FN5O2. The summed E-state index contributed by atoms with van der Waals surface area (Å²) in [4.78, 5) is 2.50. The monoisotopic (exact) mass is 437 g/mol. The lowest BCUT2D eigenvalue weighted by Crippen LogP contribution is -2.39. The molecule has 2 saturated heterocycles. The molecule has 4 atom stereocenters. The van der Waals surface area contributed by atoms with Crippen molar-refractivity contribution in [3.63, 3.8) is 0 Å². The quantitative estimate of drug-likeness (QED) is 0.770. The molecule has 1 aliphatic carbocycles. The molecule has 1 aromatic heterocycles. The Labute approximate surface area is 187 Å². The van der Waals surface area contributed by atoms with Gasteiger partial charge in [-0.2, -0.15) is 5.26 Å². The number of nitrogens with zero attached hydrogens (tertiary/aromatic N) is 4. The minimum absolute atomic E-state index is 0.185. The van der Waals surface area contributed by atoms with Crippen molar-refractivity contribution in [2.24, 2.45) is 11.8 Å². The molecule has 3 aliphatic rings. The molecule has 1 N–H and O–H groups in total. The van der Waals surface area contributed by atoms with Crippen molar-refractivity contribution in [3.8, 4) is 17.3 Å². The number of halogens is 1. The minimum Gasteiger partial charge on any atom is -0.376 e. The summed E-state index contributed by atoms with van der Waals surface area (Å²) in [6.45, 7) is 7.08. The standard InChI is InChI=1S/C24H28FN5O2/c1-15-2-3-19(25)9-22(15)23-8-16(10-26)24(29-28-23)27-20-6-17-11-30(12-18(17)7-20)13-21-14-31-4-5-32-21/h2-3,8-9,17-18,20-21H,4-7,11-14H2,1H3,(H,27,29)/t17-,18+,20?,21-/m0/s1. The zero-order chi connectivity index (χ0) is 22.1. The van der Waals surface area contributed by atoms with Gasteiger partial charge in [0.15, 0.2) is 5.82 Å². The normalized spacial score (nSPS) is 27.8. The third kappa shape index (κ3) is 4.46. The molecule has 0 spiro atoms. The highest BCUT2D eigenvalue weighted by atomic mass is 19.1. The van der Waals surface area contributed by atoms with Crippen LogP contribution in [0.25, 0.3) is 11.3 Å². The largest absolute Gasteiger partial charge is 0.376 e. The lowest BCUT2D eigenvalue weighted by Gasteiger charge is -2.28. The van der Waals surface area contributed by atoms with Crippen molar-refractivity contribution in [1.82, 2.24) is 15.1 Å². The van der Waals surface area contributed by atoms with Gasteiger partial charge in [0, 0.05) is 31.2 Å². The minimum atomic E-state index is -0.331. The number of ether oxygens (including phenoxy) is 2. The highest BCUT2D eigenvalue weighted by Crippen LogP contribution is 2.39. The van der Waals surface area contributed by atoms with Gasteiger partial charge in [0.1, 0.15) is 11.9 Å². The van der Waals surface area contributed by atoms with Crippen LogP contribution in [0.15, 0.2) is 24.3 Å². The highest BCUT2D eigenvalue weighted by Gasteiger charge is 2.41. The summed E-state index contributed by atoms with van der Waals surface area (Å²) in [5.41, 5.74) is 2.50. The number of anilines is 1. The molecule has 1 saturated carbocycles. The van der Waals surface area contributed by atoms with E-state index in [1.54, 1.807) is 12.1 Å². The Balaban J connectivity index is 1.21. The molecule has 3 fully saturated rings. The van der Waals surface area contributed by atoms with E-state index < -0.39 is 0 Å². The fourth-order valence-corrected chi connectivity index (χ4v) is 5.37. The number of likely N-dealkylation sites (tertiary alicyclic amines) is 1. The van der Waals surface area contributed by atoms with Gasteiger partial charge in [-0.25, -0.2) is 4.39 Å². The van der Waals surface area contributed by atoms with Gasteiger partial charge in [-0.3, -0.25) is 0 Å². The van der Waals surface area contributed by atoms with Crippen molar-refractivity contribution >= 4 is 5.82 Å². The average Bonchev–Trinajstić information content (AvgIpc) is 3.34. The number of rotatable bonds is 5. The average molecular weight is 438 g/mol. The third-order valence-corrected chi connectivity index (χ3v) is 6.90. The number of aryl methyl sites for hydroxylation is 1. The summed E-state index contributed by atoms with van der Waals surface area (Å²) in [5, 5.41) is 21.7. The van der Waals surface area contributed by atoms with E-state index in [1.807, 2.05) is 6.92 Å². The lowest BCUT2D eigenvalue weighted by molar-refractivity contribution is -0.0964. The Morgan fingerprint density at radius 3 is 2.72 bits per heavy atom. The maximum atomic E-state index is 13.7. The first-order valence-electron chi connectivity index (χ1n) is 11.3. The number of nitriles is 1. The summed E-state index contributed by atoms with van der Waals surface area (Å²) in [7, 11) is 0. The van der Waals surface area contributed by atoms with Crippen LogP contribution >= 0.6 is 0 Å². The maximum Gasteiger partial charge on any atom is 0.166 e. The van der Waals surface area contributed by atoms with Crippen LogP contribution in [-0.2, 0) is 9.47 Å². The highest BCUT2D eigenvalue weighted by molar-refractivity contribution is 5.67. The van der Waals surface area contributed by atoms with Gasteiger partial charge in [0.05, 0.1) is 37.2 Å². The Morgan fingerprint density at radius 2 is 2.00 bits per heavy atom. The molecule has 1 unspecified atom stereocenters. The smallest absolute Gasteiger partial charge is 0.166 e. The van der Waals surface area contributed by atoms with E-state index in [4.69, 9.17) is 9.47 Å². The van der Waals surface area contributed by atoms with Crippen LogP contribution in [0.3, 0.4) is 0 Å². The van der Waals surface area contributed by atoms with Crippen molar-refractivity contribution < 1.29 is 13.9 Å². The molecule has 2 aromatic rings. The van der Waals surface area contributed by atoms with E-state index in [-0.39, 0.29) is 18.0 Å². The number of fused-ring (bicyclic) bond motifs is 1. The van der Waals surface area contributed by atoms with E-state index in [0.717, 1.165) is 38.0 Å². The Hall–Kier alpha value is -2.60. The third-order valence-electron chi connectivity index (χ3n) is 6.90. The molecule has 168 valence electrons. The number of hydrogen-bond acceptors (Lipinski definition) is 7. The maximum absolute atomic E-state index is 13.7. The molecule has 8 heteroatoms. The van der Waals surface area contributed by atoms with Crippen LogP contribution in [0.4, 0.5) is 10.2 Å². The van der Waals surface area contributed by atoms with E-state index in [0.29, 0.717) is 54.3 Å². The summed E-state index contributed by atoms with van der Waals surface area (Å²) >= 11 is 0. The number of nitrogens with one attached hydrogen (secondary N) is 1. The summed E-state index contributed by atoms with van der Waals surface area (Å²) < 4.78 is 25.0. The van der Waals surface area contributed by atoms with E-state index in [9.17, 15) is 9.65 Å². The molecule has 0 bridgehead atoms. The molecule has 3 heterocycles. The summed E-state index contributed by atoms with van der Waals surface area (Å²) in [5.74, 6) is 1.47. The second-order valence-electron chi connectivity index (χ2n) is 9.18. The zero-order valence-electron chi connectivity index (χ0n) is 18.3. The van der Waals surface area contributed by atoms with Crippen LogP contribution in [0, 0.1) is 35.9 Å². The van der Waals surface area contributed by atoms with Crippen LogP contribution in [0.1, 0.15) is 24.0 Å². The molecule has 0 amide bonds. The first-order valence-corrected chi connectivity index (χ1v) is 11.3. The Kier molecular flexibility index (Phi) is 6.05. The van der Waals surface area contributed by atoms with Gasteiger partial charge < -0.3 is 19.7 Å². The van der Waals surface area contributed by atoms with Gasteiger partial charge in [0.2, 0.25) is 0 Å². The van der Waals surface area contributed by atoms with Crippen molar-refractivity contribution in [2.75, 3.05) is 44.8 Å². The van der Waals surface area contributed by atoms with Crippen molar-refractivity contribution in [2.45, 2.75) is 31.9 Å². The predicted octanol–water partition coefficient (Wildman–Crippen LogP) is 3.00. The molecular weight excluding hydrogens is 409 g/mol. The van der Waals surface area contributed by atoms with E-state index in [1.165, 1.54) is 12.1 Å². The Morgan fingerprint density at radius 1 is 1.19 bits per heavy atom. The Bertz CT molecular complexity index is 1010. The van der Waals surface area contributed by atoms with Crippen LogP contribution in [0.2, 0.25) is 0 Å². The van der Waals surface area contributed by atoms with Crippen LogP contribution in [0.5, 0.6) is 0 Å². The number of aromatic nitrogens is 2. The zero-order valence-corrected chi connectivity index (χ0v) is 18.3. The predicted molar refractivity (Wildman–Crippen MR) is 118 cm³/mol. The van der Waals surface area contributed by atoms with Gasteiger partial charge in [0.25, 0.3) is 0 Å². The lowest BCUT2D eigenvalue weighted by atomic mass is 10.0.